The number of aliphatic hydroxyl groups excluding tert-OH is 2. The number of hydrogen-bond acceptors (Lipinski definition) is 4. The lowest BCUT2D eigenvalue weighted by Crippen LogP contribution is -2.39. The molecule has 0 aromatic carbocycles. The number of rotatable bonds is 5. The fraction of sp³-hybridized carbons (Fsp3) is 1.00. The Kier molecular flexibility index (Phi) is 6.81. The molecule has 3 fully saturated rings. The zero-order chi connectivity index (χ0) is 17.9. The van der Waals surface area contributed by atoms with E-state index in [1.54, 1.807) is 0 Å². The van der Waals surface area contributed by atoms with Gasteiger partial charge in [-0.1, -0.05) is 13.8 Å². The molecule has 146 valence electrons. The normalized spacial score (nSPS) is 40.8. The van der Waals surface area contributed by atoms with Crippen molar-refractivity contribution in [3.8, 4) is 0 Å². The van der Waals surface area contributed by atoms with E-state index in [0.29, 0.717) is 5.41 Å². The van der Waals surface area contributed by atoms with Gasteiger partial charge in [-0.05, 0) is 94.3 Å². The van der Waals surface area contributed by atoms with E-state index in [0.717, 1.165) is 63.2 Å². The third-order valence-corrected chi connectivity index (χ3v) is 7.45. The van der Waals surface area contributed by atoms with E-state index in [1.165, 1.54) is 25.7 Å². The third kappa shape index (κ3) is 5.18. The molecule has 0 atom stereocenters. The molecule has 3 saturated carbocycles. The van der Waals surface area contributed by atoms with Crippen LogP contribution in [0.4, 0.5) is 0 Å². The fourth-order valence-corrected chi connectivity index (χ4v) is 5.35. The molecule has 0 spiro atoms. The Morgan fingerprint density at radius 3 is 1.32 bits per heavy atom. The van der Waals surface area contributed by atoms with Crippen LogP contribution in [0.2, 0.25) is 0 Å². The van der Waals surface area contributed by atoms with Crippen LogP contribution in [-0.4, -0.2) is 34.6 Å². The van der Waals surface area contributed by atoms with E-state index in [-0.39, 0.29) is 24.4 Å². The van der Waals surface area contributed by atoms with Crippen molar-refractivity contribution in [1.29, 1.82) is 0 Å². The van der Waals surface area contributed by atoms with Crippen molar-refractivity contribution in [2.45, 2.75) is 115 Å². The molecular weight excluding hydrogens is 316 g/mol. The van der Waals surface area contributed by atoms with Crippen molar-refractivity contribution >= 4 is 0 Å². The Morgan fingerprint density at radius 2 is 0.880 bits per heavy atom. The molecule has 3 aliphatic rings. The first-order valence-electron chi connectivity index (χ1n) is 10.6. The molecule has 0 aromatic rings. The Morgan fingerprint density at radius 1 is 0.560 bits per heavy atom. The minimum Gasteiger partial charge on any atom is -0.393 e. The first kappa shape index (κ1) is 19.6. The highest BCUT2D eigenvalue weighted by Gasteiger charge is 2.40. The summed E-state index contributed by atoms with van der Waals surface area (Å²) in [5.41, 5.74) is 0.367. The van der Waals surface area contributed by atoms with Crippen LogP contribution in [0.1, 0.15) is 90.9 Å². The molecule has 0 heterocycles. The van der Waals surface area contributed by atoms with Crippen LogP contribution in [0.25, 0.3) is 0 Å². The first-order valence-corrected chi connectivity index (χ1v) is 10.6. The van der Waals surface area contributed by atoms with Crippen molar-refractivity contribution in [1.82, 2.24) is 0 Å². The van der Waals surface area contributed by atoms with Gasteiger partial charge in [0.15, 0.2) is 0 Å². The first-order chi connectivity index (χ1) is 11.9. The zero-order valence-corrected chi connectivity index (χ0v) is 16.2. The minimum atomic E-state index is -0.140. The second kappa shape index (κ2) is 8.69. The predicted octanol–water partition coefficient (Wildman–Crippen LogP) is 4.37. The van der Waals surface area contributed by atoms with Gasteiger partial charge in [-0.3, -0.25) is 0 Å². The third-order valence-electron chi connectivity index (χ3n) is 7.45. The van der Waals surface area contributed by atoms with Crippen molar-refractivity contribution in [2.75, 3.05) is 0 Å². The SMILES string of the molecule is CC(C)(C1CCC(O)CC1)C1CCC(OOC2CCC(O)CC2)CC1. The van der Waals surface area contributed by atoms with Gasteiger partial charge in [0.05, 0.1) is 24.4 Å². The zero-order valence-electron chi connectivity index (χ0n) is 16.2. The standard InChI is InChI=1S/C21H38O4/c1-21(2,15-3-7-17(22)8-4-15)16-5-11-19(12-6-16)24-25-20-13-9-18(23)10-14-20/h15-20,22-23H,3-14H2,1-2H3. The van der Waals surface area contributed by atoms with Gasteiger partial charge in [0.25, 0.3) is 0 Å². The maximum Gasteiger partial charge on any atom is 0.0932 e. The molecule has 2 N–H and O–H groups in total. The average molecular weight is 355 g/mol. The van der Waals surface area contributed by atoms with Crippen molar-refractivity contribution in [3.05, 3.63) is 0 Å². The summed E-state index contributed by atoms with van der Waals surface area (Å²) in [6.45, 7) is 4.90. The van der Waals surface area contributed by atoms with Crippen LogP contribution >= 0.6 is 0 Å². The summed E-state index contributed by atoms with van der Waals surface area (Å²) in [7, 11) is 0. The molecule has 0 saturated heterocycles. The molecule has 0 aliphatic heterocycles. The summed E-state index contributed by atoms with van der Waals surface area (Å²) in [5, 5.41) is 19.3. The highest BCUT2D eigenvalue weighted by Crippen LogP contribution is 2.48. The molecule has 4 heteroatoms. The van der Waals surface area contributed by atoms with E-state index in [2.05, 4.69) is 13.8 Å². The Hall–Kier alpha value is -0.160. The maximum atomic E-state index is 9.77. The molecule has 3 aliphatic carbocycles. The van der Waals surface area contributed by atoms with Gasteiger partial charge in [-0.2, -0.15) is 0 Å². The lowest BCUT2D eigenvalue weighted by Gasteiger charge is -2.46. The summed E-state index contributed by atoms with van der Waals surface area (Å²) >= 11 is 0. The predicted molar refractivity (Wildman–Crippen MR) is 97.9 cm³/mol. The summed E-state index contributed by atoms with van der Waals surface area (Å²) in [5.74, 6) is 1.51. The molecule has 25 heavy (non-hydrogen) atoms. The van der Waals surface area contributed by atoms with Gasteiger partial charge < -0.3 is 10.2 Å². The van der Waals surface area contributed by atoms with Gasteiger partial charge in [-0.25, -0.2) is 9.78 Å². The van der Waals surface area contributed by atoms with E-state index >= 15 is 0 Å². The van der Waals surface area contributed by atoms with Gasteiger partial charge in [0.2, 0.25) is 0 Å². The summed E-state index contributed by atoms with van der Waals surface area (Å²) in [4.78, 5) is 11.4. The van der Waals surface area contributed by atoms with Gasteiger partial charge in [0.1, 0.15) is 0 Å². The van der Waals surface area contributed by atoms with E-state index in [9.17, 15) is 10.2 Å². The average Bonchev–Trinajstić information content (AvgIpc) is 2.62. The van der Waals surface area contributed by atoms with Gasteiger partial charge in [0, 0.05) is 0 Å². The Balaban J connectivity index is 1.39. The lowest BCUT2D eigenvalue weighted by molar-refractivity contribution is -0.360. The van der Waals surface area contributed by atoms with E-state index < -0.39 is 0 Å². The van der Waals surface area contributed by atoms with Gasteiger partial charge >= 0.3 is 0 Å². The smallest absolute Gasteiger partial charge is 0.0932 e. The summed E-state index contributed by atoms with van der Waals surface area (Å²) < 4.78 is 0. The molecule has 0 unspecified atom stereocenters. The quantitative estimate of drug-likeness (QED) is 0.568. The molecule has 0 aromatic heterocycles. The molecule has 3 rings (SSSR count). The lowest BCUT2D eigenvalue weighted by atomic mass is 9.60. The highest BCUT2D eigenvalue weighted by atomic mass is 17.2. The number of hydrogen-bond donors (Lipinski definition) is 2. The van der Waals surface area contributed by atoms with Crippen LogP contribution in [0.5, 0.6) is 0 Å². The van der Waals surface area contributed by atoms with Crippen LogP contribution in [0.3, 0.4) is 0 Å². The topological polar surface area (TPSA) is 58.9 Å². The second-order valence-corrected chi connectivity index (χ2v) is 9.42. The molecule has 0 bridgehead atoms. The molecule has 4 nitrogen and oxygen atoms in total. The highest BCUT2D eigenvalue weighted by molar-refractivity contribution is 4.90. The van der Waals surface area contributed by atoms with Crippen LogP contribution in [-0.2, 0) is 9.78 Å². The Bertz CT molecular complexity index is 387. The van der Waals surface area contributed by atoms with Crippen LogP contribution in [0, 0.1) is 17.3 Å². The van der Waals surface area contributed by atoms with Crippen molar-refractivity contribution in [2.24, 2.45) is 17.3 Å². The molecule has 0 amide bonds. The van der Waals surface area contributed by atoms with Crippen LogP contribution < -0.4 is 0 Å². The van der Waals surface area contributed by atoms with Crippen LogP contribution in [0.15, 0.2) is 0 Å². The summed E-state index contributed by atoms with van der Waals surface area (Å²) in [6, 6.07) is 0. The van der Waals surface area contributed by atoms with E-state index in [4.69, 9.17) is 9.78 Å². The maximum absolute atomic E-state index is 9.77. The minimum absolute atomic E-state index is 0.0609. The molecular formula is C21H38O4. The van der Waals surface area contributed by atoms with Gasteiger partial charge in [-0.15, -0.1) is 0 Å². The van der Waals surface area contributed by atoms with Crippen molar-refractivity contribution in [3.63, 3.8) is 0 Å². The summed E-state index contributed by atoms with van der Waals surface area (Å²) in [6.07, 6.45) is 12.7. The Labute approximate surface area is 153 Å². The van der Waals surface area contributed by atoms with Crippen molar-refractivity contribution < 1.29 is 20.0 Å². The number of aliphatic hydroxyl groups is 2. The largest absolute Gasteiger partial charge is 0.393 e. The second-order valence-electron chi connectivity index (χ2n) is 9.42. The fourth-order valence-electron chi connectivity index (χ4n) is 5.35. The van der Waals surface area contributed by atoms with E-state index in [1.807, 2.05) is 0 Å². The monoisotopic (exact) mass is 354 g/mol. The molecule has 0 radical (unpaired) electrons.